The third kappa shape index (κ3) is 6.59. The number of aromatic nitrogens is 1. The van der Waals surface area contributed by atoms with E-state index in [4.69, 9.17) is 4.74 Å². The highest BCUT2D eigenvalue weighted by Crippen LogP contribution is 2.39. The van der Waals surface area contributed by atoms with Gasteiger partial charge in [-0.15, -0.1) is 0 Å². The van der Waals surface area contributed by atoms with E-state index in [-0.39, 0.29) is 18.1 Å². The Balaban J connectivity index is 1.86. The molecule has 0 unspecified atom stereocenters. The number of anilines is 2. The number of esters is 1. The Morgan fingerprint density at radius 3 is 2.48 bits per heavy atom. The molecular weight excluding hydrogens is 506 g/mol. The van der Waals surface area contributed by atoms with Crippen LogP contribution in [-0.2, 0) is 23.0 Å². The number of phenols is 1. The number of carbonyl (C=O) groups excluding carboxylic acids is 2. The minimum absolute atomic E-state index is 0.0644. The number of para-hydroxylation sites is 1. The molecule has 0 saturated heterocycles. The summed E-state index contributed by atoms with van der Waals surface area (Å²) in [5, 5.41) is 21.6. The van der Waals surface area contributed by atoms with Gasteiger partial charge >= 0.3 is 5.97 Å². The Bertz CT molecular complexity index is 1420. The molecule has 3 rings (SSSR count). The number of aryl methyl sites for hydroxylation is 1. The molecule has 0 spiro atoms. The number of aromatic hydroxyl groups is 1. The molecule has 0 bridgehead atoms. The number of nitrogens with one attached hydrogen (secondary N) is 1. The second kappa shape index (κ2) is 13.6. The molecular formula is C31H39N5O4. The lowest BCUT2D eigenvalue weighted by Gasteiger charge is -2.15. The van der Waals surface area contributed by atoms with Crippen LogP contribution in [0.25, 0.3) is 11.3 Å². The number of hydrogen-bond donors (Lipinski definition) is 2. The van der Waals surface area contributed by atoms with Gasteiger partial charge in [0.25, 0.3) is 0 Å². The summed E-state index contributed by atoms with van der Waals surface area (Å²) in [6, 6.07) is 13.4. The first-order chi connectivity index (χ1) is 19.1. The van der Waals surface area contributed by atoms with Crippen LogP contribution in [0.15, 0.2) is 52.7 Å². The summed E-state index contributed by atoms with van der Waals surface area (Å²) >= 11 is 0. The van der Waals surface area contributed by atoms with Crippen LogP contribution in [0.5, 0.6) is 5.75 Å². The minimum Gasteiger partial charge on any atom is -0.505 e. The van der Waals surface area contributed by atoms with Gasteiger partial charge in [-0.3, -0.25) is 15.2 Å². The van der Waals surface area contributed by atoms with Gasteiger partial charge in [0.15, 0.2) is 6.29 Å². The van der Waals surface area contributed by atoms with Gasteiger partial charge in [0.2, 0.25) is 0 Å². The maximum atomic E-state index is 12.6. The van der Waals surface area contributed by atoms with Crippen molar-refractivity contribution in [1.29, 1.82) is 0 Å². The summed E-state index contributed by atoms with van der Waals surface area (Å²) in [6.07, 6.45) is 3.96. The van der Waals surface area contributed by atoms with Crippen molar-refractivity contribution >= 4 is 35.1 Å². The molecule has 1 heterocycles. The zero-order valence-corrected chi connectivity index (χ0v) is 24.4. The molecule has 0 amide bonds. The van der Waals surface area contributed by atoms with Gasteiger partial charge in [0.05, 0.1) is 35.0 Å². The highest BCUT2D eigenvalue weighted by Gasteiger charge is 2.24. The normalized spacial score (nSPS) is 11.9. The first-order valence-electron chi connectivity index (χ1n) is 13.5. The third-order valence-electron chi connectivity index (χ3n) is 6.91. The number of hydrogen-bond acceptors (Lipinski definition) is 8. The smallest absolute Gasteiger partial charge is 0.340 e. The second-order valence-electron chi connectivity index (χ2n) is 9.62. The number of hydrazone groups is 2. The number of phenolic OH excluding ortho intramolecular Hbond substituents is 1. The average Bonchev–Trinajstić information content (AvgIpc) is 3.16. The van der Waals surface area contributed by atoms with E-state index in [9.17, 15) is 14.7 Å². The SMILES string of the molecule is CCCCc1ccc(N(C)/N=C(C)\C(C=O)=N\Nc2cccc(-c3c(C)c(C(=O)OCC)c(C)n3C)c2O)cc1. The summed E-state index contributed by atoms with van der Waals surface area (Å²) in [7, 11) is 3.64. The summed E-state index contributed by atoms with van der Waals surface area (Å²) in [6.45, 7) is 9.57. The Kier molecular flexibility index (Phi) is 10.2. The zero-order chi connectivity index (χ0) is 29.4. The molecule has 0 atom stereocenters. The predicted molar refractivity (Wildman–Crippen MR) is 162 cm³/mol. The van der Waals surface area contributed by atoms with Crippen LogP contribution >= 0.6 is 0 Å². The largest absolute Gasteiger partial charge is 0.505 e. The molecule has 0 aliphatic carbocycles. The van der Waals surface area contributed by atoms with Crippen LogP contribution in [0.1, 0.15) is 60.8 Å². The predicted octanol–water partition coefficient (Wildman–Crippen LogP) is 6.01. The van der Waals surface area contributed by atoms with Gasteiger partial charge in [-0.2, -0.15) is 10.2 Å². The number of rotatable bonds is 12. The average molecular weight is 546 g/mol. The maximum Gasteiger partial charge on any atom is 0.340 e. The molecule has 2 N–H and O–H groups in total. The van der Waals surface area contributed by atoms with E-state index in [2.05, 4.69) is 34.7 Å². The van der Waals surface area contributed by atoms with Crippen LogP contribution < -0.4 is 10.4 Å². The molecule has 40 heavy (non-hydrogen) atoms. The molecule has 0 saturated carbocycles. The van der Waals surface area contributed by atoms with Crippen molar-refractivity contribution in [1.82, 2.24) is 4.57 Å². The molecule has 1 aromatic heterocycles. The molecule has 212 valence electrons. The van der Waals surface area contributed by atoms with E-state index in [1.807, 2.05) is 44.6 Å². The van der Waals surface area contributed by atoms with Gasteiger partial charge in [0, 0.05) is 25.4 Å². The summed E-state index contributed by atoms with van der Waals surface area (Å²) in [5.41, 5.74) is 8.87. The molecule has 9 heteroatoms. The van der Waals surface area contributed by atoms with E-state index in [0.717, 1.165) is 30.6 Å². The number of nitrogens with zero attached hydrogens (tertiary/aromatic N) is 4. The van der Waals surface area contributed by atoms with E-state index in [1.165, 1.54) is 5.56 Å². The van der Waals surface area contributed by atoms with Crippen LogP contribution in [0.2, 0.25) is 0 Å². The fraction of sp³-hybridized carbons (Fsp3) is 0.355. The Morgan fingerprint density at radius 2 is 1.85 bits per heavy atom. The molecule has 0 aliphatic rings. The van der Waals surface area contributed by atoms with E-state index < -0.39 is 5.97 Å². The minimum atomic E-state index is -0.402. The summed E-state index contributed by atoms with van der Waals surface area (Å²) < 4.78 is 7.08. The molecule has 0 fully saturated rings. The van der Waals surface area contributed by atoms with Crippen LogP contribution in [0.4, 0.5) is 11.4 Å². The molecule has 0 radical (unpaired) electrons. The Hall–Kier alpha value is -4.40. The quantitative estimate of drug-likeness (QED) is 0.0948. The lowest BCUT2D eigenvalue weighted by Crippen LogP contribution is -2.20. The fourth-order valence-corrected chi connectivity index (χ4v) is 4.59. The lowest BCUT2D eigenvalue weighted by atomic mass is 10.0. The third-order valence-corrected chi connectivity index (χ3v) is 6.91. The van der Waals surface area contributed by atoms with Crippen LogP contribution in [0.3, 0.4) is 0 Å². The van der Waals surface area contributed by atoms with E-state index in [0.29, 0.717) is 40.1 Å². The van der Waals surface area contributed by atoms with Gasteiger partial charge in [-0.05, 0) is 75.9 Å². The maximum absolute atomic E-state index is 12.6. The zero-order valence-electron chi connectivity index (χ0n) is 24.4. The first-order valence-corrected chi connectivity index (χ1v) is 13.5. The van der Waals surface area contributed by atoms with E-state index >= 15 is 0 Å². The number of aldehydes is 1. The first kappa shape index (κ1) is 30.1. The second-order valence-corrected chi connectivity index (χ2v) is 9.62. The van der Waals surface area contributed by atoms with Crippen LogP contribution in [-0.4, -0.2) is 47.0 Å². The lowest BCUT2D eigenvalue weighted by molar-refractivity contribution is -0.102. The van der Waals surface area contributed by atoms with E-state index in [1.54, 1.807) is 37.1 Å². The fourth-order valence-electron chi connectivity index (χ4n) is 4.59. The highest BCUT2D eigenvalue weighted by atomic mass is 16.5. The molecule has 9 nitrogen and oxygen atoms in total. The van der Waals surface area contributed by atoms with Crippen molar-refractivity contribution in [3.63, 3.8) is 0 Å². The molecule has 2 aromatic carbocycles. The summed E-state index contributed by atoms with van der Waals surface area (Å²) in [4.78, 5) is 24.4. The van der Waals surface area contributed by atoms with Crippen molar-refractivity contribution < 1.29 is 19.4 Å². The van der Waals surface area contributed by atoms with Crippen molar-refractivity contribution in [2.75, 3.05) is 24.1 Å². The number of carbonyl (C=O) groups is 2. The van der Waals surface area contributed by atoms with Gasteiger partial charge in [0.1, 0.15) is 11.5 Å². The monoisotopic (exact) mass is 545 g/mol. The Labute approximate surface area is 236 Å². The van der Waals surface area contributed by atoms with Gasteiger partial charge in [-0.25, -0.2) is 4.79 Å². The standard InChI is InChI=1S/C31H39N5O4/c1-8-10-12-23-15-17-24(18-16-23)36(7)34-21(4)27(19-37)33-32-26-14-11-13-25(30(26)38)29-20(3)28(22(5)35(29)6)31(39)40-9-2/h11,13-19,32,38H,8-10,12H2,1-7H3/b33-27+,34-21-. The van der Waals surface area contributed by atoms with Gasteiger partial charge < -0.3 is 14.4 Å². The topological polar surface area (TPSA) is 109 Å². The summed E-state index contributed by atoms with van der Waals surface area (Å²) in [5.74, 6) is -0.467. The molecule has 3 aromatic rings. The van der Waals surface area contributed by atoms with Crippen molar-refractivity contribution in [2.45, 2.75) is 53.9 Å². The van der Waals surface area contributed by atoms with Crippen molar-refractivity contribution in [2.24, 2.45) is 17.3 Å². The van der Waals surface area contributed by atoms with Gasteiger partial charge in [-0.1, -0.05) is 31.5 Å². The number of unbranched alkanes of at least 4 members (excludes halogenated alkanes) is 1. The van der Waals surface area contributed by atoms with Crippen molar-refractivity contribution in [3.8, 4) is 17.0 Å². The molecule has 0 aliphatic heterocycles. The van der Waals surface area contributed by atoms with Crippen LogP contribution in [0, 0.1) is 13.8 Å². The number of benzene rings is 2. The van der Waals surface area contributed by atoms with Crippen molar-refractivity contribution in [3.05, 3.63) is 64.8 Å². The highest BCUT2D eigenvalue weighted by molar-refractivity contribution is 6.61. The number of ether oxygens (including phenoxy) is 1. The Morgan fingerprint density at radius 1 is 1.15 bits per heavy atom.